The van der Waals surface area contributed by atoms with E-state index in [0.717, 1.165) is 29.1 Å². The average molecular weight is 427 g/mol. The van der Waals surface area contributed by atoms with Crippen LogP contribution in [0.15, 0.2) is 46.4 Å². The molecule has 2 aromatic heterocycles. The Hall–Kier alpha value is -3.00. The average Bonchev–Trinajstić information content (AvgIpc) is 3.41. The van der Waals surface area contributed by atoms with E-state index in [1.54, 1.807) is 17.5 Å². The van der Waals surface area contributed by atoms with E-state index in [0.29, 0.717) is 11.4 Å². The first-order valence-corrected chi connectivity index (χ1v) is 10.6. The van der Waals surface area contributed by atoms with E-state index in [9.17, 15) is 9.59 Å². The molecule has 0 aliphatic rings. The lowest BCUT2D eigenvalue weighted by atomic mass is 10.00. The molecule has 1 unspecified atom stereocenters. The Labute approximate surface area is 180 Å². The Bertz CT molecular complexity index is 1010. The topological polar surface area (TPSA) is 88.3 Å². The number of aryl methyl sites for hydroxylation is 2. The Morgan fingerprint density at radius 1 is 1.23 bits per heavy atom. The van der Waals surface area contributed by atoms with Crippen LogP contribution in [-0.2, 0) is 4.79 Å². The molecule has 0 bridgehead atoms. The monoisotopic (exact) mass is 426 g/mol. The molecule has 30 heavy (non-hydrogen) atoms. The summed E-state index contributed by atoms with van der Waals surface area (Å²) in [6.07, 6.45) is 2.23. The molecule has 8 heteroatoms. The van der Waals surface area contributed by atoms with Gasteiger partial charge in [0.05, 0.1) is 6.26 Å². The Morgan fingerprint density at radius 2 is 2.00 bits per heavy atom. The molecule has 0 saturated heterocycles. The number of carbonyl (C=O) groups excluding carboxylic acids is 2. The highest BCUT2D eigenvalue weighted by Crippen LogP contribution is 2.32. The fourth-order valence-corrected chi connectivity index (χ4v) is 3.38. The normalized spacial score (nSPS) is 12.4. The van der Waals surface area contributed by atoms with E-state index in [1.807, 2.05) is 52.8 Å². The predicted molar refractivity (Wildman–Crippen MR) is 117 cm³/mol. The van der Waals surface area contributed by atoms with Crippen LogP contribution in [0.3, 0.4) is 0 Å². The van der Waals surface area contributed by atoms with E-state index in [4.69, 9.17) is 4.42 Å². The Balaban J connectivity index is 2.14. The van der Waals surface area contributed by atoms with Gasteiger partial charge >= 0.3 is 0 Å². The zero-order valence-electron chi connectivity index (χ0n) is 17.8. The van der Waals surface area contributed by atoms with Gasteiger partial charge in [-0.25, -0.2) is 0 Å². The van der Waals surface area contributed by atoms with Gasteiger partial charge in [0.25, 0.3) is 11.8 Å². The molecule has 0 fully saturated rings. The lowest BCUT2D eigenvalue weighted by Crippen LogP contribution is -2.50. The van der Waals surface area contributed by atoms with Gasteiger partial charge in [0.15, 0.2) is 11.7 Å². The predicted octanol–water partition coefficient (Wildman–Crippen LogP) is 4.44. The highest BCUT2D eigenvalue weighted by Gasteiger charge is 2.38. The second-order valence-electron chi connectivity index (χ2n) is 7.88. The van der Waals surface area contributed by atoms with Crippen molar-refractivity contribution in [2.24, 2.45) is 0 Å². The Kier molecular flexibility index (Phi) is 6.36. The number of anilines is 1. The number of aromatic nitrogens is 2. The lowest BCUT2D eigenvalue weighted by molar-refractivity contribution is -0.124. The molecule has 0 aliphatic heterocycles. The maximum Gasteiger partial charge on any atom is 0.280 e. The zero-order valence-corrected chi connectivity index (χ0v) is 18.6. The summed E-state index contributed by atoms with van der Waals surface area (Å²) in [5, 5.41) is 8.55. The van der Waals surface area contributed by atoms with E-state index in [-0.39, 0.29) is 11.6 Å². The van der Waals surface area contributed by atoms with Gasteiger partial charge in [0.1, 0.15) is 5.76 Å². The number of nitrogens with zero attached hydrogens (tertiary/aromatic N) is 3. The molecule has 0 aliphatic carbocycles. The first-order chi connectivity index (χ1) is 14.2. The molecular formula is C22H26N4O3S. The van der Waals surface area contributed by atoms with Gasteiger partial charge in [-0.2, -0.15) is 0 Å². The molecule has 3 aromatic rings. The minimum atomic E-state index is -0.998. The largest absolute Gasteiger partial charge is 0.467 e. The summed E-state index contributed by atoms with van der Waals surface area (Å²) in [4.78, 5) is 28.4. The smallest absolute Gasteiger partial charge is 0.280 e. The van der Waals surface area contributed by atoms with Crippen molar-refractivity contribution >= 4 is 29.0 Å². The molecule has 7 nitrogen and oxygen atoms in total. The van der Waals surface area contributed by atoms with Crippen molar-refractivity contribution in [1.29, 1.82) is 0 Å². The van der Waals surface area contributed by atoms with Crippen LogP contribution >= 0.6 is 11.5 Å². The van der Waals surface area contributed by atoms with Gasteiger partial charge in [0.2, 0.25) is 0 Å². The summed E-state index contributed by atoms with van der Waals surface area (Å²) in [5.74, 6) is -0.376. The molecule has 1 atom stereocenters. The number of rotatable bonds is 7. The highest BCUT2D eigenvalue weighted by atomic mass is 32.1. The second-order valence-corrected chi connectivity index (χ2v) is 8.49. The van der Waals surface area contributed by atoms with Crippen molar-refractivity contribution in [3.05, 3.63) is 64.6 Å². The number of nitrogens with one attached hydrogen (secondary N) is 1. The molecule has 0 spiro atoms. The number of furan rings is 1. The van der Waals surface area contributed by atoms with Crippen molar-refractivity contribution in [2.75, 3.05) is 4.90 Å². The van der Waals surface area contributed by atoms with Crippen LogP contribution in [0, 0.1) is 13.8 Å². The summed E-state index contributed by atoms with van der Waals surface area (Å²) in [7, 11) is 0. The number of amides is 2. The van der Waals surface area contributed by atoms with Crippen LogP contribution in [-0.4, -0.2) is 26.9 Å². The molecule has 1 aromatic carbocycles. The SMILES string of the molecule is CCC(C)(C)NC(=O)C(c1ccco1)N(C(=O)c1csnn1)c1ccc(C)c(C)c1. The third kappa shape index (κ3) is 4.59. The van der Waals surface area contributed by atoms with Gasteiger partial charge in [-0.15, -0.1) is 5.10 Å². The van der Waals surface area contributed by atoms with Gasteiger partial charge in [-0.3, -0.25) is 14.5 Å². The van der Waals surface area contributed by atoms with Crippen molar-refractivity contribution in [3.63, 3.8) is 0 Å². The van der Waals surface area contributed by atoms with Crippen molar-refractivity contribution in [1.82, 2.24) is 14.9 Å². The summed E-state index contributed by atoms with van der Waals surface area (Å²) in [6, 6.07) is 8.05. The summed E-state index contributed by atoms with van der Waals surface area (Å²) in [5.41, 5.74) is 2.42. The number of hydrogen-bond donors (Lipinski definition) is 1. The van der Waals surface area contributed by atoms with Crippen molar-refractivity contribution < 1.29 is 14.0 Å². The van der Waals surface area contributed by atoms with Gasteiger partial charge in [0, 0.05) is 16.6 Å². The fourth-order valence-electron chi connectivity index (χ4n) is 2.95. The molecule has 158 valence electrons. The van der Waals surface area contributed by atoms with Crippen LogP contribution in [0.25, 0.3) is 0 Å². The van der Waals surface area contributed by atoms with Crippen LogP contribution < -0.4 is 10.2 Å². The van der Waals surface area contributed by atoms with Crippen LogP contribution in [0.1, 0.15) is 60.6 Å². The minimum Gasteiger partial charge on any atom is -0.467 e. The van der Waals surface area contributed by atoms with Crippen LogP contribution in [0.2, 0.25) is 0 Å². The van der Waals surface area contributed by atoms with E-state index >= 15 is 0 Å². The molecule has 3 rings (SSSR count). The second kappa shape index (κ2) is 8.79. The summed E-state index contributed by atoms with van der Waals surface area (Å²) < 4.78 is 9.41. The maximum absolute atomic E-state index is 13.5. The molecule has 1 N–H and O–H groups in total. The minimum absolute atomic E-state index is 0.178. The first-order valence-electron chi connectivity index (χ1n) is 9.77. The fraction of sp³-hybridized carbons (Fsp3) is 0.364. The van der Waals surface area contributed by atoms with E-state index in [2.05, 4.69) is 14.9 Å². The lowest BCUT2D eigenvalue weighted by Gasteiger charge is -2.33. The molecular weight excluding hydrogens is 400 g/mol. The quantitative estimate of drug-likeness (QED) is 0.603. The summed E-state index contributed by atoms with van der Waals surface area (Å²) in [6.45, 7) is 9.84. The van der Waals surface area contributed by atoms with Gasteiger partial charge in [-0.05, 0) is 81.0 Å². The third-order valence-electron chi connectivity index (χ3n) is 5.23. The zero-order chi connectivity index (χ0) is 21.9. The van der Waals surface area contributed by atoms with E-state index < -0.39 is 17.5 Å². The van der Waals surface area contributed by atoms with Crippen molar-refractivity contribution in [2.45, 2.75) is 52.6 Å². The highest BCUT2D eigenvalue weighted by molar-refractivity contribution is 7.03. The van der Waals surface area contributed by atoms with Gasteiger partial charge < -0.3 is 9.73 Å². The van der Waals surface area contributed by atoms with E-state index in [1.165, 1.54) is 11.2 Å². The van der Waals surface area contributed by atoms with Gasteiger partial charge in [-0.1, -0.05) is 17.5 Å². The Morgan fingerprint density at radius 3 is 2.57 bits per heavy atom. The summed E-state index contributed by atoms with van der Waals surface area (Å²) >= 11 is 1.08. The first kappa shape index (κ1) is 21.7. The molecule has 2 heterocycles. The standard InChI is InChI=1S/C22H26N4O3S/c1-6-22(4,5)23-20(27)19(18-8-7-11-29-18)26(21(28)17-13-30-25-24-17)16-10-9-14(2)15(3)12-16/h7-13,19H,6H2,1-5H3,(H,23,27). The molecule has 0 saturated carbocycles. The van der Waals surface area contributed by atoms with Crippen molar-refractivity contribution in [3.8, 4) is 0 Å². The number of hydrogen-bond acceptors (Lipinski definition) is 6. The van der Waals surface area contributed by atoms with Crippen LogP contribution in [0.5, 0.6) is 0 Å². The number of benzene rings is 1. The third-order valence-corrected chi connectivity index (χ3v) is 5.74. The van der Waals surface area contributed by atoms with Crippen LogP contribution in [0.4, 0.5) is 5.69 Å². The molecule has 0 radical (unpaired) electrons. The molecule has 2 amide bonds. The number of carbonyl (C=O) groups is 2. The maximum atomic E-state index is 13.5.